The minimum Gasteiger partial charge on any atom is -1.00 e. The van der Waals surface area contributed by atoms with Crippen molar-refractivity contribution in [3.63, 3.8) is 0 Å². The lowest BCUT2D eigenvalue weighted by Crippen LogP contribution is -3.06. The number of nitrogens with zero attached hydrogens (tertiary/aromatic N) is 1. The van der Waals surface area contributed by atoms with E-state index >= 15 is 0 Å². The van der Waals surface area contributed by atoms with Crippen LogP contribution in [0.3, 0.4) is 0 Å². The van der Waals surface area contributed by atoms with E-state index in [0.29, 0.717) is 0 Å². The molecule has 0 aliphatic heterocycles. The zero-order valence-electron chi connectivity index (χ0n) is 11.5. The molecule has 0 radical (unpaired) electrons. The summed E-state index contributed by atoms with van der Waals surface area (Å²) in [5.74, 6) is 0. The van der Waals surface area contributed by atoms with Gasteiger partial charge >= 0.3 is 0 Å². The molecule has 0 aliphatic rings. The maximum atomic E-state index is 2.46. The number of para-hydroxylation sites is 1. The van der Waals surface area contributed by atoms with Gasteiger partial charge in [0, 0.05) is 10.6 Å². The highest BCUT2D eigenvalue weighted by molar-refractivity contribution is 7.09. The first-order chi connectivity index (χ1) is 8.75. The molecule has 0 unspecified atom stereocenters. The fourth-order valence-corrected chi connectivity index (χ4v) is 2.61. The van der Waals surface area contributed by atoms with Gasteiger partial charge in [-0.05, 0) is 23.6 Å². The van der Waals surface area contributed by atoms with Crippen LogP contribution < -0.4 is 22.2 Å². The molecule has 4 heteroatoms. The number of thiophene rings is 1. The van der Waals surface area contributed by atoms with Crippen LogP contribution in [0, 0.1) is 0 Å². The second-order valence-corrected chi connectivity index (χ2v) is 5.83. The summed E-state index contributed by atoms with van der Waals surface area (Å²) in [7, 11) is 4.41. The third-order valence-electron chi connectivity index (χ3n) is 2.93. The summed E-state index contributed by atoms with van der Waals surface area (Å²) in [6.45, 7) is 3.25. The molecule has 0 saturated carbocycles. The van der Waals surface area contributed by atoms with Gasteiger partial charge < -0.3 is 22.2 Å². The van der Waals surface area contributed by atoms with Gasteiger partial charge in [-0.2, -0.15) is 0 Å². The largest absolute Gasteiger partial charge is 1.00 e. The molecule has 0 bridgehead atoms. The van der Waals surface area contributed by atoms with Crippen molar-refractivity contribution in [1.29, 1.82) is 0 Å². The minimum absolute atomic E-state index is 0. The van der Waals surface area contributed by atoms with Gasteiger partial charge in [-0.1, -0.05) is 24.3 Å². The van der Waals surface area contributed by atoms with Crippen LogP contribution in [0.25, 0.3) is 0 Å². The lowest BCUT2D eigenvalue weighted by molar-refractivity contribution is -0.856. The molecule has 1 aromatic heterocycles. The van der Waals surface area contributed by atoms with Gasteiger partial charge in [-0.15, -0.1) is 11.3 Å². The maximum Gasteiger partial charge on any atom is 0.0945 e. The van der Waals surface area contributed by atoms with Crippen LogP contribution in [0.2, 0.25) is 0 Å². The Morgan fingerprint density at radius 3 is 2.37 bits per heavy atom. The summed E-state index contributed by atoms with van der Waals surface area (Å²) in [6, 6.07) is 15.0. The van der Waals surface area contributed by atoms with Crippen LogP contribution in [-0.2, 0) is 6.54 Å². The molecule has 2 rings (SSSR count). The summed E-state index contributed by atoms with van der Waals surface area (Å²) in [5.41, 5.74) is 1.31. The standard InChI is InChI=1S/C15H20N2S.ClH/c1-16(2)10-11-17(13-15-9-6-12-18-15)14-7-4-3-5-8-14;/h3-9,12H,10-11,13H2,1-2H3;1H. The number of quaternary nitrogens is 1. The number of nitrogens with one attached hydrogen (secondary N) is 1. The van der Waals surface area contributed by atoms with E-state index in [0.717, 1.165) is 19.6 Å². The molecular weight excluding hydrogens is 276 g/mol. The van der Waals surface area contributed by atoms with Crippen molar-refractivity contribution < 1.29 is 17.3 Å². The fourth-order valence-electron chi connectivity index (χ4n) is 1.89. The summed E-state index contributed by atoms with van der Waals surface area (Å²) < 4.78 is 0. The van der Waals surface area contributed by atoms with Gasteiger partial charge in [0.05, 0.1) is 33.7 Å². The van der Waals surface area contributed by atoms with Crippen LogP contribution in [0.15, 0.2) is 47.8 Å². The Hall–Kier alpha value is -1.03. The summed E-state index contributed by atoms with van der Waals surface area (Å²) in [5, 5.41) is 2.15. The van der Waals surface area contributed by atoms with E-state index in [1.807, 2.05) is 11.3 Å². The minimum atomic E-state index is 0. The Balaban J connectivity index is 0.00000180. The van der Waals surface area contributed by atoms with E-state index in [2.05, 4.69) is 66.8 Å². The number of anilines is 1. The lowest BCUT2D eigenvalue weighted by atomic mass is 10.2. The third-order valence-corrected chi connectivity index (χ3v) is 3.79. The number of hydrogen-bond donors (Lipinski definition) is 1. The Morgan fingerprint density at radius 2 is 1.79 bits per heavy atom. The molecule has 0 fully saturated rings. The molecule has 19 heavy (non-hydrogen) atoms. The van der Waals surface area contributed by atoms with Crippen molar-refractivity contribution >= 4 is 17.0 Å². The van der Waals surface area contributed by atoms with E-state index in [9.17, 15) is 0 Å². The molecule has 2 aromatic rings. The van der Waals surface area contributed by atoms with Gasteiger partial charge in [0.2, 0.25) is 0 Å². The van der Waals surface area contributed by atoms with E-state index in [1.165, 1.54) is 15.5 Å². The predicted molar refractivity (Wildman–Crippen MR) is 79.5 cm³/mol. The SMILES string of the molecule is C[NH+](C)CCN(Cc1cccs1)c1ccccc1.[Cl-]. The van der Waals surface area contributed by atoms with E-state index in [-0.39, 0.29) is 12.4 Å². The van der Waals surface area contributed by atoms with Gasteiger partial charge in [0.15, 0.2) is 0 Å². The molecule has 0 spiro atoms. The van der Waals surface area contributed by atoms with Crippen molar-refractivity contribution in [3.8, 4) is 0 Å². The normalized spacial score (nSPS) is 10.3. The predicted octanol–water partition coefficient (Wildman–Crippen LogP) is -1.10. The van der Waals surface area contributed by atoms with Gasteiger partial charge in [-0.25, -0.2) is 0 Å². The molecule has 0 atom stereocenters. The zero-order valence-corrected chi connectivity index (χ0v) is 13.0. The molecule has 0 saturated heterocycles. The van der Waals surface area contributed by atoms with Gasteiger partial charge in [-0.3, -0.25) is 0 Å². The molecular formula is C15H21ClN2S. The van der Waals surface area contributed by atoms with E-state index in [1.54, 1.807) is 0 Å². The van der Waals surface area contributed by atoms with Crippen LogP contribution >= 0.6 is 11.3 Å². The van der Waals surface area contributed by atoms with Gasteiger partial charge in [0.25, 0.3) is 0 Å². The van der Waals surface area contributed by atoms with Crippen molar-refractivity contribution in [2.24, 2.45) is 0 Å². The monoisotopic (exact) mass is 296 g/mol. The van der Waals surface area contributed by atoms with E-state index < -0.39 is 0 Å². The highest BCUT2D eigenvalue weighted by Crippen LogP contribution is 2.18. The quantitative estimate of drug-likeness (QED) is 0.711. The van der Waals surface area contributed by atoms with Crippen molar-refractivity contribution in [2.45, 2.75) is 6.54 Å². The fraction of sp³-hybridized carbons (Fsp3) is 0.333. The van der Waals surface area contributed by atoms with Crippen molar-refractivity contribution in [2.75, 3.05) is 32.1 Å². The number of benzene rings is 1. The molecule has 1 aromatic carbocycles. The molecule has 104 valence electrons. The average molecular weight is 297 g/mol. The van der Waals surface area contributed by atoms with Crippen LogP contribution in [0.1, 0.15) is 4.88 Å². The van der Waals surface area contributed by atoms with Gasteiger partial charge in [0.1, 0.15) is 0 Å². The summed E-state index contributed by atoms with van der Waals surface area (Å²) >= 11 is 1.83. The molecule has 2 nitrogen and oxygen atoms in total. The smallest absolute Gasteiger partial charge is 0.0945 e. The number of rotatable bonds is 6. The summed E-state index contributed by atoms with van der Waals surface area (Å²) in [4.78, 5) is 5.37. The number of likely N-dealkylation sites (N-methyl/N-ethyl adjacent to an activating group) is 1. The second-order valence-electron chi connectivity index (χ2n) is 4.79. The van der Waals surface area contributed by atoms with Crippen LogP contribution in [0.4, 0.5) is 5.69 Å². The first-order valence-corrected chi connectivity index (χ1v) is 7.25. The van der Waals surface area contributed by atoms with Crippen molar-refractivity contribution in [1.82, 2.24) is 0 Å². The van der Waals surface area contributed by atoms with Crippen LogP contribution in [0.5, 0.6) is 0 Å². The molecule has 0 aliphatic carbocycles. The first kappa shape index (κ1) is 16.0. The Labute approximate surface area is 126 Å². The first-order valence-electron chi connectivity index (χ1n) is 6.37. The summed E-state index contributed by atoms with van der Waals surface area (Å²) in [6.07, 6.45) is 0. The maximum absolute atomic E-state index is 2.46. The average Bonchev–Trinajstić information content (AvgIpc) is 2.88. The van der Waals surface area contributed by atoms with E-state index in [4.69, 9.17) is 0 Å². The molecule has 1 N–H and O–H groups in total. The highest BCUT2D eigenvalue weighted by Gasteiger charge is 2.09. The molecule has 0 amide bonds. The number of halogens is 1. The zero-order chi connectivity index (χ0) is 12.8. The number of hydrogen-bond acceptors (Lipinski definition) is 2. The van der Waals surface area contributed by atoms with Crippen molar-refractivity contribution in [3.05, 3.63) is 52.7 Å². The Bertz CT molecular complexity index is 442. The lowest BCUT2D eigenvalue weighted by Gasteiger charge is -2.24. The molecule has 1 heterocycles. The Kier molecular flexibility index (Phi) is 6.92. The topological polar surface area (TPSA) is 7.68 Å². The third kappa shape index (κ3) is 5.23. The Morgan fingerprint density at radius 1 is 1.05 bits per heavy atom. The second kappa shape index (κ2) is 8.20. The van der Waals surface area contributed by atoms with Crippen LogP contribution in [-0.4, -0.2) is 27.2 Å². The highest BCUT2D eigenvalue weighted by atomic mass is 35.5.